The number of nitrogens with two attached hydrogens (primary N) is 1. The minimum atomic E-state index is -4.27. The predicted octanol–water partition coefficient (Wildman–Crippen LogP) is 0.954. The molecule has 1 unspecified atom stereocenters. The van der Waals surface area contributed by atoms with Crippen LogP contribution in [-0.4, -0.2) is 43.0 Å². The molecule has 1 aromatic carbocycles. The lowest BCUT2D eigenvalue weighted by atomic mass is 10.2. The van der Waals surface area contributed by atoms with Gasteiger partial charge in [-0.1, -0.05) is 24.6 Å². The number of rotatable bonds is 4. The molecule has 20 heavy (non-hydrogen) atoms. The van der Waals surface area contributed by atoms with Gasteiger partial charge in [0.15, 0.2) is 0 Å². The zero-order valence-electron chi connectivity index (χ0n) is 12.4. The maximum absolute atomic E-state index is 10.4. The van der Waals surface area contributed by atoms with Crippen LogP contribution < -0.4 is 5.84 Å². The van der Waals surface area contributed by atoms with Crippen LogP contribution in [0.3, 0.4) is 0 Å². The van der Waals surface area contributed by atoms with Crippen LogP contribution in [0.15, 0.2) is 29.2 Å². The number of aryl methyl sites for hydroxylation is 1. The molecule has 0 amide bonds. The van der Waals surface area contributed by atoms with Crippen LogP contribution in [0.5, 0.6) is 0 Å². The van der Waals surface area contributed by atoms with Crippen LogP contribution in [0, 0.1) is 6.92 Å². The van der Waals surface area contributed by atoms with Crippen molar-refractivity contribution in [2.75, 3.05) is 14.1 Å². The summed E-state index contributed by atoms with van der Waals surface area (Å²) in [6.45, 7) is 3.85. The third-order valence-corrected chi connectivity index (χ3v) is 3.47. The number of benzene rings is 1. The molecule has 0 saturated heterocycles. The Bertz CT molecular complexity index is 492. The van der Waals surface area contributed by atoms with Crippen molar-refractivity contribution in [1.29, 1.82) is 0 Å². The summed E-state index contributed by atoms with van der Waals surface area (Å²) in [6, 6.07) is 5.78. The summed E-state index contributed by atoms with van der Waals surface area (Å²) in [5.74, 6) is 5.55. The number of hydrogen-bond acceptors (Lipinski definition) is 5. The summed E-state index contributed by atoms with van der Waals surface area (Å²) in [7, 11) is -0.713. The molecule has 0 spiro atoms. The number of aliphatic hydroxyl groups excluding tert-OH is 1. The minimum Gasteiger partial charge on any atom is -0.744 e. The molecule has 0 bridgehead atoms. The first kappa shape index (κ1) is 19.0. The highest BCUT2D eigenvalue weighted by molar-refractivity contribution is 7.85. The highest BCUT2D eigenvalue weighted by Gasteiger charge is 2.19. The van der Waals surface area contributed by atoms with Crippen LogP contribution in [0.1, 0.15) is 25.3 Å². The predicted molar refractivity (Wildman–Crippen MR) is 76.4 cm³/mol. The molecule has 1 rings (SSSR count). The minimum absolute atomic E-state index is 0.147. The summed E-state index contributed by atoms with van der Waals surface area (Å²) < 4.78 is 31.3. The Labute approximate surface area is 121 Å². The molecule has 0 aliphatic carbocycles. The Morgan fingerprint density at radius 3 is 2.00 bits per heavy atom. The fourth-order valence-electron chi connectivity index (χ4n) is 1.30. The molecule has 116 valence electrons. The molecule has 0 heterocycles. The Morgan fingerprint density at radius 2 is 1.75 bits per heavy atom. The van der Waals surface area contributed by atoms with E-state index >= 15 is 0 Å². The van der Waals surface area contributed by atoms with E-state index in [9.17, 15) is 18.1 Å². The highest BCUT2D eigenvalue weighted by Crippen LogP contribution is 2.08. The maximum Gasteiger partial charge on any atom is 0.207 e. The van der Waals surface area contributed by atoms with E-state index in [0.717, 1.165) is 18.4 Å². The molecule has 0 aliphatic rings. The summed E-state index contributed by atoms with van der Waals surface area (Å²) in [5.41, 5.74) is 0.928. The van der Waals surface area contributed by atoms with E-state index in [1.54, 1.807) is 26.2 Å². The van der Waals surface area contributed by atoms with E-state index in [-0.39, 0.29) is 9.49 Å². The standard InChI is InChI=1S/C7H8O3S.C6H17N2O/c1-6-2-4-7(5-3-6)11(8,9)10;1-4-5-6(9)8(2,3)7/h2-5H,1H3,(H,8,9,10);6,9H,4-5,7H2,1-3H3/q;+1/p-1. The fraction of sp³-hybridized carbons (Fsp3) is 0.538. The molecule has 1 atom stereocenters. The Hall–Kier alpha value is -0.990. The Morgan fingerprint density at radius 1 is 1.30 bits per heavy atom. The smallest absolute Gasteiger partial charge is 0.207 e. The zero-order valence-corrected chi connectivity index (χ0v) is 13.2. The number of nitrogens with zero attached hydrogens (tertiary/aromatic N) is 1. The van der Waals surface area contributed by atoms with Crippen LogP contribution in [0.2, 0.25) is 0 Å². The third-order valence-electron chi connectivity index (χ3n) is 2.62. The van der Waals surface area contributed by atoms with Crippen molar-refractivity contribution in [1.82, 2.24) is 0 Å². The molecule has 6 nitrogen and oxygen atoms in total. The van der Waals surface area contributed by atoms with Crippen molar-refractivity contribution in [2.24, 2.45) is 5.84 Å². The molecule has 0 fully saturated rings. The van der Waals surface area contributed by atoms with Gasteiger partial charge in [0.25, 0.3) is 0 Å². The van der Waals surface area contributed by atoms with Gasteiger partial charge in [-0.25, -0.2) is 13.0 Å². The first-order valence-electron chi connectivity index (χ1n) is 6.31. The fourth-order valence-corrected chi connectivity index (χ4v) is 1.77. The first-order chi connectivity index (χ1) is 8.98. The normalized spacial score (nSPS) is 13.3. The van der Waals surface area contributed by atoms with Gasteiger partial charge in [-0.15, -0.1) is 0 Å². The summed E-state index contributed by atoms with van der Waals surface area (Å²) in [4.78, 5) is -0.178. The summed E-state index contributed by atoms with van der Waals surface area (Å²) >= 11 is 0. The van der Waals surface area contributed by atoms with Gasteiger partial charge >= 0.3 is 0 Å². The molecular weight excluding hydrogens is 280 g/mol. The molecule has 0 aliphatic heterocycles. The zero-order chi connectivity index (χ0) is 16.0. The Balaban J connectivity index is 0.000000370. The number of aliphatic hydroxyl groups is 1. The lowest BCUT2D eigenvalue weighted by Gasteiger charge is -2.27. The van der Waals surface area contributed by atoms with Crippen molar-refractivity contribution in [3.05, 3.63) is 29.8 Å². The second-order valence-corrected chi connectivity index (χ2v) is 6.55. The van der Waals surface area contributed by atoms with Crippen molar-refractivity contribution >= 4 is 10.1 Å². The molecule has 0 aromatic heterocycles. The van der Waals surface area contributed by atoms with Gasteiger partial charge < -0.3 is 9.66 Å². The van der Waals surface area contributed by atoms with E-state index in [1.807, 2.05) is 13.8 Å². The van der Waals surface area contributed by atoms with Crippen molar-refractivity contribution in [2.45, 2.75) is 37.8 Å². The quantitative estimate of drug-likeness (QED) is 0.283. The van der Waals surface area contributed by atoms with E-state index in [0.29, 0.717) is 0 Å². The van der Waals surface area contributed by atoms with E-state index in [4.69, 9.17) is 5.84 Å². The van der Waals surface area contributed by atoms with Crippen LogP contribution >= 0.6 is 0 Å². The van der Waals surface area contributed by atoms with Crippen molar-refractivity contribution < 1.29 is 22.7 Å². The largest absolute Gasteiger partial charge is 0.744 e. The topological polar surface area (TPSA) is 103 Å². The third kappa shape index (κ3) is 7.56. The summed E-state index contributed by atoms with van der Waals surface area (Å²) in [6.07, 6.45) is 1.32. The highest BCUT2D eigenvalue weighted by atomic mass is 32.2. The van der Waals surface area contributed by atoms with Gasteiger partial charge in [-0.3, -0.25) is 0 Å². The molecule has 1 aromatic rings. The van der Waals surface area contributed by atoms with E-state index in [1.165, 1.54) is 12.1 Å². The van der Waals surface area contributed by atoms with Crippen LogP contribution in [0.4, 0.5) is 0 Å². The lowest BCUT2D eigenvalue weighted by molar-refractivity contribution is -0.948. The second kappa shape index (κ2) is 7.70. The molecular formula is C13H24N2O4S. The lowest BCUT2D eigenvalue weighted by Crippen LogP contribution is -2.54. The van der Waals surface area contributed by atoms with Crippen molar-refractivity contribution in [3.63, 3.8) is 0 Å². The van der Waals surface area contributed by atoms with Gasteiger partial charge in [0.1, 0.15) is 10.1 Å². The van der Waals surface area contributed by atoms with Gasteiger partial charge in [0.2, 0.25) is 6.23 Å². The number of quaternary nitrogens is 1. The van der Waals surface area contributed by atoms with Crippen LogP contribution in [-0.2, 0) is 10.1 Å². The summed E-state index contributed by atoms with van der Waals surface area (Å²) in [5, 5.41) is 9.23. The van der Waals surface area contributed by atoms with Crippen molar-refractivity contribution in [3.8, 4) is 0 Å². The molecule has 3 N–H and O–H groups in total. The monoisotopic (exact) mass is 304 g/mol. The van der Waals surface area contributed by atoms with E-state index in [2.05, 4.69) is 0 Å². The average molecular weight is 304 g/mol. The molecule has 0 saturated carbocycles. The van der Waals surface area contributed by atoms with Gasteiger partial charge in [0, 0.05) is 6.42 Å². The van der Waals surface area contributed by atoms with Crippen LogP contribution in [0.25, 0.3) is 0 Å². The second-order valence-electron chi connectivity index (χ2n) is 5.17. The average Bonchev–Trinajstić information content (AvgIpc) is 2.28. The van der Waals surface area contributed by atoms with E-state index < -0.39 is 16.3 Å². The van der Waals surface area contributed by atoms with Gasteiger partial charge in [0.05, 0.1) is 19.0 Å². The SMILES string of the molecule is CCCC(O)[N+](C)(C)N.Cc1ccc(S(=O)(=O)[O-])cc1. The maximum atomic E-state index is 10.4. The Kier molecular flexibility index (Phi) is 7.32. The first-order valence-corrected chi connectivity index (χ1v) is 7.72. The van der Waals surface area contributed by atoms with Gasteiger partial charge in [-0.2, -0.15) is 5.84 Å². The number of hydrogen-bond donors (Lipinski definition) is 2. The molecule has 0 radical (unpaired) electrons. The van der Waals surface area contributed by atoms with Gasteiger partial charge in [-0.05, 0) is 25.5 Å². The molecule has 7 heteroatoms.